The second kappa shape index (κ2) is 12.2. The van der Waals surface area contributed by atoms with Crippen molar-refractivity contribution in [2.45, 2.75) is 39.0 Å². The predicted octanol–water partition coefficient (Wildman–Crippen LogP) is 3.04. The molecule has 0 aliphatic heterocycles. The molecule has 0 saturated carbocycles. The highest BCUT2D eigenvalue weighted by molar-refractivity contribution is 4.79. The van der Waals surface area contributed by atoms with Crippen molar-refractivity contribution in [1.82, 2.24) is 0 Å². The molecule has 0 heterocycles. The molecule has 82 valence electrons. The third-order valence-electron chi connectivity index (χ3n) is 1.84. The van der Waals surface area contributed by atoms with E-state index in [9.17, 15) is 0 Å². The fourth-order valence-electron chi connectivity index (χ4n) is 1.02. The smallest absolute Gasteiger partial charge is 0.0874 e. The van der Waals surface area contributed by atoms with Gasteiger partial charge in [0.1, 0.15) is 0 Å². The first-order valence-corrected chi connectivity index (χ1v) is 5.40. The van der Waals surface area contributed by atoms with E-state index in [0.717, 1.165) is 25.7 Å². The van der Waals surface area contributed by atoms with E-state index in [1.165, 1.54) is 6.42 Å². The number of rotatable bonds is 9. The number of ether oxygens (including phenoxy) is 1. The normalized spacial score (nSPS) is 11.6. The minimum atomic E-state index is 0.260. The van der Waals surface area contributed by atoms with Gasteiger partial charge in [-0.1, -0.05) is 12.2 Å². The topological polar surface area (TPSA) is 29.5 Å². The molecule has 14 heavy (non-hydrogen) atoms. The highest BCUT2D eigenvalue weighted by Gasteiger charge is 1.84. The van der Waals surface area contributed by atoms with Gasteiger partial charge in [-0.2, -0.15) is 0 Å². The summed E-state index contributed by atoms with van der Waals surface area (Å²) in [5.41, 5.74) is 0. The zero-order valence-corrected chi connectivity index (χ0v) is 9.11. The van der Waals surface area contributed by atoms with Crippen LogP contribution in [0.1, 0.15) is 39.0 Å². The van der Waals surface area contributed by atoms with E-state index in [1.54, 1.807) is 6.26 Å². The van der Waals surface area contributed by atoms with E-state index in [1.807, 2.05) is 6.92 Å². The second-order valence-electron chi connectivity index (χ2n) is 3.17. The van der Waals surface area contributed by atoms with Gasteiger partial charge in [0.25, 0.3) is 0 Å². The maximum absolute atomic E-state index is 8.51. The van der Waals surface area contributed by atoms with E-state index in [4.69, 9.17) is 9.84 Å². The molecule has 2 heteroatoms. The molecule has 0 bridgehead atoms. The average Bonchev–Trinajstić information content (AvgIpc) is 2.21. The molecule has 2 nitrogen and oxygen atoms in total. The Kier molecular flexibility index (Phi) is 11.6. The lowest BCUT2D eigenvalue weighted by Gasteiger charge is -1.98. The highest BCUT2D eigenvalue weighted by Crippen LogP contribution is 1.98. The van der Waals surface area contributed by atoms with Crippen molar-refractivity contribution in [3.05, 3.63) is 24.5 Å². The summed E-state index contributed by atoms with van der Waals surface area (Å²) in [6.45, 7) is 3.02. The van der Waals surface area contributed by atoms with Crippen LogP contribution in [0, 0.1) is 0 Å². The molecule has 0 spiro atoms. The van der Waals surface area contributed by atoms with E-state index in [-0.39, 0.29) is 6.61 Å². The van der Waals surface area contributed by atoms with Crippen molar-refractivity contribution in [2.24, 2.45) is 0 Å². The Balaban J connectivity index is 3.03. The van der Waals surface area contributed by atoms with Gasteiger partial charge in [-0.15, -0.1) is 0 Å². The van der Waals surface area contributed by atoms with Gasteiger partial charge < -0.3 is 9.84 Å². The molecule has 0 aromatic carbocycles. The third-order valence-corrected chi connectivity index (χ3v) is 1.84. The maximum Gasteiger partial charge on any atom is 0.0874 e. The predicted molar refractivity (Wildman–Crippen MR) is 60.1 cm³/mol. The molecular formula is C12H22O2. The molecule has 0 radical (unpaired) electrons. The van der Waals surface area contributed by atoms with Crippen LogP contribution in [0.3, 0.4) is 0 Å². The first-order chi connectivity index (χ1) is 6.91. The summed E-state index contributed by atoms with van der Waals surface area (Å²) in [6, 6.07) is 0. The van der Waals surface area contributed by atoms with Crippen molar-refractivity contribution in [3.63, 3.8) is 0 Å². The van der Waals surface area contributed by atoms with Crippen molar-refractivity contribution >= 4 is 0 Å². The zero-order valence-electron chi connectivity index (χ0n) is 9.11. The van der Waals surface area contributed by atoms with Crippen LogP contribution in [-0.4, -0.2) is 18.3 Å². The molecule has 0 aliphatic carbocycles. The monoisotopic (exact) mass is 198 g/mol. The number of hydrogen-bond donors (Lipinski definition) is 1. The molecule has 0 aromatic heterocycles. The van der Waals surface area contributed by atoms with Gasteiger partial charge in [0, 0.05) is 6.61 Å². The van der Waals surface area contributed by atoms with Crippen LogP contribution in [0.2, 0.25) is 0 Å². The Morgan fingerprint density at radius 1 is 1.07 bits per heavy atom. The van der Waals surface area contributed by atoms with Crippen LogP contribution < -0.4 is 0 Å². The fourth-order valence-corrected chi connectivity index (χ4v) is 1.02. The van der Waals surface area contributed by atoms with Gasteiger partial charge in [0.05, 0.1) is 12.9 Å². The molecule has 0 amide bonds. The Morgan fingerprint density at radius 2 is 1.86 bits per heavy atom. The Labute approximate surface area is 87.3 Å². The standard InChI is InChI=1S/C12H22O2/c1-2-3-4-5-6-8-11-14-12-9-7-10-13/h2-3,8,11,13H,4-7,9-10,12H2,1H3. The summed E-state index contributed by atoms with van der Waals surface area (Å²) < 4.78 is 5.23. The van der Waals surface area contributed by atoms with Crippen molar-refractivity contribution < 1.29 is 9.84 Å². The third kappa shape index (κ3) is 11.2. The number of aliphatic hydroxyl groups excluding tert-OH is 1. The maximum atomic E-state index is 8.51. The second-order valence-corrected chi connectivity index (χ2v) is 3.17. The molecule has 0 rings (SSSR count). The molecule has 1 N–H and O–H groups in total. The average molecular weight is 198 g/mol. The van der Waals surface area contributed by atoms with Gasteiger partial charge in [-0.3, -0.25) is 0 Å². The summed E-state index contributed by atoms with van der Waals surface area (Å²) in [6.07, 6.45) is 13.2. The quantitative estimate of drug-likeness (QED) is 0.350. The van der Waals surface area contributed by atoms with E-state index in [2.05, 4.69) is 18.2 Å². The lowest BCUT2D eigenvalue weighted by molar-refractivity contribution is 0.218. The van der Waals surface area contributed by atoms with Gasteiger partial charge >= 0.3 is 0 Å². The number of hydrogen-bond acceptors (Lipinski definition) is 2. The largest absolute Gasteiger partial charge is 0.502 e. The van der Waals surface area contributed by atoms with Crippen molar-refractivity contribution in [1.29, 1.82) is 0 Å². The van der Waals surface area contributed by atoms with Crippen molar-refractivity contribution in [2.75, 3.05) is 13.2 Å². The van der Waals surface area contributed by atoms with Crippen LogP contribution >= 0.6 is 0 Å². The minimum absolute atomic E-state index is 0.260. The van der Waals surface area contributed by atoms with Crippen LogP contribution in [0.5, 0.6) is 0 Å². The van der Waals surface area contributed by atoms with Gasteiger partial charge in [0.2, 0.25) is 0 Å². The fraction of sp³-hybridized carbons (Fsp3) is 0.667. The first-order valence-electron chi connectivity index (χ1n) is 5.40. The van der Waals surface area contributed by atoms with E-state index >= 15 is 0 Å². The van der Waals surface area contributed by atoms with Crippen LogP contribution in [0.15, 0.2) is 24.5 Å². The van der Waals surface area contributed by atoms with E-state index in [0.29, 0.717) is 6.61 Å². The van der Waals surface area contributed by atoms with Gasteiger partial charge in [-0.05, 0) is 45.1 Å². The number of unbranched alkanes of at least 4 members (excludes halogenated alkanes) is 3. The summed E-state index contributed by atoms with van der Waals surface area (Å²) >= 11 is 0. The Bertz CT molecular complexity index is 150. The summed E-state index contributed by atoms with van der Waals surface area (Å²) in [4.78, 5) is 0. The molecule has 0 fully saturated rings. The van der Waals surface area contributed by atoms with Gasteiger partial charge in [-0.25, -0.2) is 0 Å². The first kappa shape index (κ1) is 13.2. The number of aliphatic hydroxyl groups is 1. The molecule has 0 atom stereocenters. The minimum Gasteiger partial charge on any atom is -0.502 e. The van der Waals surface area contributed by atoms with Crippen LogP contribution in [-0.2, 0) is 4.74 Å². The highest BCUT2D eigenvalue weighted by atomic mass is 16.5. The lowest BCUT2D eigenvalue weighted by atomic mass is 10.2. The molecule has 0 unspecified atom stereocenters. The number of allylic oxidation sites excluding steroid dienone is 3. The molecular weight excluding hydrogens is 176 g/mol. The Morgan fingerprint density at radius 3 is 2.57 bits per heavy atom. The van der Waals surface area contributed by atoms with Crippen LogP contribution in [0.4, 0.5) is 0 Å². The summed E-state index contributed by atoms with van der Waals surface area (Å²) in [7, 11) is 0. The molecule has 0 aliphatic rings. The summed E-state index contributed by atoms with van der Waals surface area (Å²) in [5.74, 6) is 0. The zero-order chi connectivity index (χ0) is 10.5. The Hall–Kier alpha value is -0.760. The molecule has 0 saturated heterocycles. The van der Waals surface area contributed by atoms with E-state index < -0.39 is 0 Å². The summed E-state index contributed by atoms with van der Waals surface area (Å²) in [5, 5.41) is 8.51. The van der Waals surface area contributed by atoms with Crippen LogP contribution in [0.25, 0.3) is 0 Å². The lowest BCUT2D eigenvalue weighted by Crippen LogP contribution is -1.90. The molecule has 0 aromatic rings. The SMILES string of the molecule is CC=CCCCC=COCCCCO. The van der Waals surface area contributed by atoms with Gasteiger partial charge in [0.15, 0.2) is 0 Å². The van der Waals surface area contributed by atoms with Crippen molar-refractivity contribution in [3.8, 4) is 0 Å².